The Kier molecular flexibility index (Phi) is 2.40. The minimum absolute atomic E-state index is 0.145. The van der Waals surface area contributed by atoms with Crippen molar-refractivity contribution in [3.05, 3.63) is 35.7 Å². The van der Waals surface area contributed by atoms with Crippen molar-refractivity contribution in [2.75, 3.05) is 7.11 Å². The van der Waals surface area contributed by atoms with E-state index in [1.807, 2.05) is 24.3 Å². The molecule has 0 amide bonds. The average Bonchev–Trinajstić information content (AvgIpc) is 2.81. The summed E-state index contributed by atoms with van der Waals surface area (Å²) in [6.07, 6.45) is 1.72. The third kappa shape index (κ3) is 1.20. The van der Waals surface area contributed by atoms with Crippen molar-refractivity contribution in [1.29, 1.82) is 0 Å². The molecule has 22 heavy (non-hydrogen) atoms. The number of aromatic nitrogens is 2. The van der Waals surface area contributed by atoms with Gasteiger partial charge in [-0.3, -0.25) is 4.79 Å². The van der Waals surface area contributed by atoms with Crippen LogP contribution in [0.4, 0.5) is 0 Å². The summed E-state index contributed by atoms with van der Waals surface area (Å²) in [5.74, 6) is -0.176. The first-order valence-electron chi connectivity index (χ1n) is 7.75. The van der Waals surface area contributed by atoms with Crippen molar-refractivity contribution in [1.82, 2.24) is 9.97 Å². The Morgan fingerprint density at radius 2 is 1.64 bits per heavy atom. The van der Waals surface area contributed by atoms with E-state index in [1.54, 1.807) is 0 Å². The number of nitrogens with zero attached hydrogens (tertiary/aromatic N) is 2. The van der Waals surface area contributed by atoms with Gasteiger partial charge in [-0.25, -0.2) is 9.97 Å². The van der Waals surface area contributed by atoms with E-state index in [1.165, 1.54) is 7.11 Å². The van der Waals surface area contributed by atoms with E-state index >= 15 is 0 Å². The molecule has 1 aromatic carbocycles. The SMILES string of the molecule is COC(=O)[C@]12CC[C@@](C)(c3nc4ccccc4nc31)C2(C)C. The number of para-hydroxylation sites is 2. The topological polar surface area (TPSA) is 52.1 Å². The molecular formula is C18H20N2O2. The van der Waals surface area contributed by atoms with Crippen LogP contribution in [0.1, 0.15) is 45.0 Å². The summed E-state index contributed by atoms with van der Waals surface area (Å²) in [4.78, 5) is 22.5. The van der Waals surface area contributed by atoms with Crippen molar-refractivity contribution in [3.8, 4) is 0 Å². The standard InChI is InChI=1S/C18H20N2O2/c1-16(2)17(3)9-10-18(16,15(21)22-4)14-13(17)19-11-7-5-6-8-12(11)20-14/h5-8H,9-10H2,1-4H3/t17-,18-/m0/s1. The first-order chi connectivity index (χ1) is 10.4. The highest BCUT2D eigenvalue weighted by Crippen LogP contribution is 2.70. The van der Waals surface area contributed by atoms with Crippen molar-refractivity contribution >= 4 is 17.0 Å². The van der Waals surface area contributed by atoms with Gasteiger partial charge in [0.05, 0.1) is 29.5 Å². The molecule has 2 aliphatic carbocycles. The summed E-state index contributed by atoms with van der Waals surface area (Å²) in [5, 5.41) is 0. The average molecular weight is 296 g/mol. The molecule has 114 valence electrons. The molecule has 4 nitrogen and oxygen atoms in total. The zero-order valence-electron chi connectivity index (χ0n) is 13.4. The van der Waals surface area contributed by atoms with Crippen LogP contribution < -0.4 is 0 Å². The fourth-order valence-corrected chi connectivity index (χ4v) is 4.67. The third-order valence-corrected chi connectivity index (χ3v) is 6.48. The Morgan fingerprint density at radius 3 is 2.23 bits per heavy atom. The number of methoxy groups -OCH3 is 1. The Balaban J connectivity index is 2.12. The van der Waals surface area contributed by atoms with E-state index in [4.69, 9.17) is 14.7 Å². The second-order valence-electron chi connectivity index (χ2n) is 7.26. The highest BCUT2D eigenvalue weighted by atomic mass is 16.5. The number of fused-ring (bicyclic) bond motifs is 6. The molecule has 2 bridgehead atoms. The van der Waals surface area contributed by atoms with Crippen LogP contribution in [0, 0.1) is 5.41 Å². The van der Waals surface area contributed by atoms with Gasteiger partial charge in [0, 0.05) is 5.41 Å². The van der Waals surface area contributed by atoms with E-state index in [9.17, 15) is 4.79 Å². The maximum atomic E-state index is 12.8. The number of benzene rings is 1. The summed E-state index contributed by atoms with van der Waals surface area (Å²) >= 11 is 0. The molecule has 1 aromatic heterocycles. The van der Waals surface area contributed by atoms with Crippen LogP contribution in [-0.4, -0.2) is 23.0 Å². The Morgan fingerprint density at radius 1 is 1.05 bits per heavy atom. The lowest BCUT2D eigenvalue weighted by atomic mass is 9.64. The van der Waals surface area contributed by atoms with Gasteiger partial charge in [-0.2, -0.15) is 0 Å². The van der Waals surface area contributed by atoms with Crippen LogP contribution in [0.15, 0.2) is 24.3 Å². The zero-order valence-corrected chi connectivity index (χ0v) is 13.4. The molecule has 0 radical (unpaired) electrons. The highest BCUT2D eigenvalue weighted by molar-refractivity contribution is 5.89. The van der Waals surface area contributed by atoms with E-state index in [2.05, 4.69) is 20.8 Å². The number of hydrogen-bond donors (Lipinski definition) is 0. The van der Waals surface area contributed by atoms with Crippen LogP contribution in [0.3, 0.4) is 0 Å². The highest BCUT2D eigenvalue weighted by Gasteiger charge is 2.73. The largest absolute Gasteiger partial charge is 0.468 e. The number of ether oxygens (including phenoxy) is 1. The molecule has 4 rings (SSSR count). The third-order valence-electron chi connectivity index (χ3n) is 6.48. The lowest BCUT2D eigenvalue weighted by Crippen LogP contribution is -2.46. The minimum atomic E-state index is -0.678. The van der Waals surface area contributed by atoms with Gasteiger partial charge in [-0.15, -0.1) is 0 Å². The molecule has 0 aliphatic heterocycles. The van der Waals surface area contributed by atoms with E-state index in [-0.39, 0.29) is 16.8 Å². The fourth-order valence-electron chi connectivity index (χ4n) is 4.67. The molecule has 2 atom stereocenters. The Hall–Kier alpha value is -1.97. The van der Waals surface area contributed by atoms with Crippen LogP contribution in [0.2, 0.25) is 0 Å². The van der Waals surface area contributed by atoms with Crippen molar-refractivity contribution in [2.24, 2.45) is 5.41 Å². The van der Waals surface area contributed by atoms with E-state index in [0.29, 0.717) is 0 Å². The molecule has 4 heteroatoms. The van der Waals surface area contributed by atoms with Crippen molar-refractivity contribution in [3.63, 3.8) is 0 Å². The normalized spacial score (nSPS) is 31.3. The van der Waals surface area contributed by atoms with Gasteiger partial charge >= 0.3 is 5.97 Å². The first kappa shape index (κ1) is 13.7. The monoisotopic (exact) mass is 296 g/mol. The molecule has 0 saturated heterocycles. The first-order valence-corrected chi connectivity index (χ1v) is 7.75. The second kappa shape index (κ2) is 3.86. The van der Waals surface area contributed by atoms with Crippen LogP contribution in [-0.2, 0) is 20.4 Å². The summed E-state index contributed by atoms with van der Waals surface area (Å²) in [5.41, 5.74) is 2.47. The summed E-state index contributed by atoms with van der Waals surface area (Å²) in [6, 6.07) is 7.86. The predicted molar refractivity (Wildman–Crippen MR) is 83.6 cm³/mol. The molecule has 0 N–H and O–H groups in total. The van der Waals surface area contributed by atoms with E-state index < -0.39 is 5.41 Å². The van der Waals surface area contributed by atoms with Gasteiger partial charge in [0.15, 0.2) is 0 Å². The molecule has 2 aliphatic rings. The fraction of sp³-hybridized carbons (Fsp3) is 0.500. The smallest absolute Gasteiger partial charge is 0.318 e. The van der Waals surface area contributed by atoms with Crippen LogP contribution >= 0.6 is 0 Å². The lowest BCUT2D eigenvalue weighted by molar-refractivity contribution is -0.151. The summed E-state index contributed by atoms with van der Waals surface area (Å²) in [6.45, 7) is 6.53. The molecule has 1 heterocycles. The number of rotatable bonds is 1. The molecule has 1 saturated carbocycles. The van der Waals surface area contributed by atoms with Crippen LogP contribution in [0.25, 0.3) is 11.0 Å². The Labute approximate surface area is 129 Å². The number of carbonyl (C=O) groups is 1. The Bertz CT molecular complexity index is 814. The van der Waals surface area contributed by atoms with Gasteiger partial charge in [-0.1, -0.05) is 32.9 Å². The van der Waals surface area contributed by atoms with Gasteiger partial charge in [0.25, 0.3) is 0 Å². The maximum Gasteiger partial charge on any atom is 0.318 e. The number of carbonyl (C=O) groups excluding carboxylic acids is 1. The molecule has 1 fully saturated rings. The minimum Gasteiger partial charge on any atom is -0.468 e. The molecular weight excluding hydrogens is 276 g/mol. The number of esters is 1. The molecule has 0 unspecified atom stereocenters. The van der Waals surface area contributed by atoms with Gasteiger partial charge in [0.1, 0.15) is 5.41 Å². The summed E-state index contributed by atoms with van der Waals surface area (Å²) < 4.78 is 5.20. The van der Waals surface area contributed by atoms with Gasteiger partial charge in [0.2, 0.25) is 0 Å². The van der Waals surface area contributed by atoms with Crippen molar-refractivity contribution < 1.29 is 9.53 Å². The lowest BCUT2D eigenvalue weighted by Gasteiger charge is -2.38. The second-order valence-corrected chi connectivity index (χ2v) is 7.26. The zero-order chi connectivity index (χ0) is 15.8. The van der Waals surface area contributed by atoms with Crippen molar-refractivity contribution in [2.45, 2.75) is 44.4 Å². The number of hydrogen-bond acceptors (Lipinski definition) is 4. The van der Waals surface area contributed by atoms with Gasteiger partial charge in [-0.05, 0) is 30.4 Å². The summed E-state index contributed by atoms with van der Waals surface area (Å²) in [7, 11) is 1.47. The molecule has 2 aromatic rings. The maximum absolute atomic E-state index is 12.8. The van der Waals surface area contributed by atoms with E-state index in [0.717, 1.165) is 35.3 Å². The van der Waals surface area contributed by atoms with Gasteiger partial charge < -0.3 is 4.74 Å². The van der Waals surface area contributed by atoms with Crippen LogP contribution in [0.5, 0.6) is 0 Å². The predicted octanol–water partition coefficient (Wildman–Crippen LogP) is 3.13. The molecule has 0 spiro atoms. The quantitative estimate of drug-likeness (QED) is 0.759.